The summed E-state index contributed by atoms with van der Waals surface area (Å²) >= 11 is 0. The Kier molecular flexibility index (Phi) is 3.25. The lowest BCUT2D eigenvalue weighted by atomic mass is 9.79. The predicted molar refractivity (Wildman–Crippen MR) is 74.0 cm³/mol. The zero-order valence-corrected chi connectivity index (χ0v) is 11.9. The minimum atomic E-state index is -1.38. The molecule has 4 heteroatoms. The van der Waals surface area contributed by atoms with E-state index >= 15 is 0 Å². The molecule has 1 nitrogen and oxygen atoms in total. The number of nitrogens with one attached hydrogen (secondary N) is 1. The Bertz CT molecular complexity index is 536. The van der Waals surface area contributed by atoms with E-state index in [9.17, 15) is 13.2 Å². The van der Waals surface area contributed by atoms with Crippen molar-refractivity contribution in [3.05, 3.63) is 35.1 Å². The highest BCUT2D eigenvalue weighted by molar-refractivity contribution is 5.19. The van der Waals surface area contributed by atoms with Gasteiger partial charge in [-0.1, -0.05) is 6.42 Å². The van der Waals surface area contributed by atoms with Gasteiger partial charge in [0.1, 0.15) is 0 Å². The molecule has 1 N–H and O–H groups in total. The Hall–Kier alpha value is -1.03. The molecule has 114 valence electrons. The highest BCUT2D eigenvalue weighted by Gasteiger charge is 2.53. The number of hydrogen-bond acceptors (Lipinski definition) is 1. The van der Waals surface area contributed by atoms with E-state index in [2.05, 4.69) is 5.32 Å². The summed E-state index contributed by atoms with van der Waals surface area (Å²) in [5.41, 5.74) is 0.483. The second-order valence-electron chi connectivity index (χ2n) is 7.01. The van der Waals surface area contributed by atoms with Crippen LogP contribution in [0.5, 0.6) is 0 Å². The van der Waals surface area contributed by atoms with Gasteiger partial charge in [0.25, 0.3) is 0 Å². The van der Waals surface area contributed by atoms with Gasteiger partial charge in [-0.2, -0.15) is 0 Å². The van der Waals surface area contributed by atoms with Crippen LogP contribution in [0.15, 0.2) is 12.1 Å². The smallest absolute Gasteiger partial charge is 0.194 e. The average Bonchev–Trinajstić information content (AvgIpc) is 3.13. The summed E-state index contributed by atoms with van der Waals surface area (Å²) in [5, 5.41) is 3.46. The van der Waals surface area contributed by atoms with Crippen molar-refractivity contribution in [2.75, 3.05) is 0 Å². The quantitative estimate of drug-likeness (QED) is 0.831. The molecule has 0 spiro atoms. The van der Waals surface area contributed by atoms with Crippen LogP contribution in [-0.2, 0) is 6.54 Å². The van der Waals surface area contributed by atoms with E-state index in [0.717, 1.165) is 35.8 Å². The lowest BCUT2D eigenvalue weighted by Crippen LogP contribution is -2.38. The van der Waals surface area contributed by atoms with Crippen molar-refractivity contribution in [1.82, 2.24) is 5.32 Å². The van der Waals surface area contributed by atoms with Crippen molar-refractivity contribution in [3.63, 3.8) is 0 Å². The molecule has 0 aromatic heterocycles. The first-order valence-electron chi connectivity index (χ1n) is 8.00. The van der Waals surface area contributed by atoms with Gasteiger partial charge in [0, 0.05) is 12.6 Å². The first-order valence-corrected chi connectivity index (χ1v) is 8.00. The monoisotopic (exact) mass is 295 g/mol. The van der Waals surface area contributed by atoms with Crippen LogP contribution in [0.3, 0.4) is 0 Å². The van der Waals surface area contributed by atoms with E-state index in [0.29, 0.717) is 18.2 Å². The van der Waals surface area contributed by atoms with Crippen LogP contribution in [0.2, 0.25) is 0 Å². The minimum Gasteiger partial charge on any atom is -0.310 e. The van der Waals surface area contributed by atoms with Crippen LogP contribution >= 0.6 is 0 Å². The maximum atomic E-state index is 13.2. The molecular weight excluding hydrogens is 275 g/mol. The van der Waals surface area contributed by atoms with Crippen molar-refractivity contribution < 1.29 is 13.2 Å². The highest BCUT2D eigenvalue weighted by Crippen LogP contribution is 2.58. The van der Waals surface area contributed by atoms with E-state index in [1.807, 2.05) is 0 Å². The number of hydrogen-bond donors (Lipinski definition) is 1. The summed E-state index contributed by atoms with van der Waals surface area (Å²) in [5.74, 6) is -0.199. The van der Waals surface area contributed by atoms with Crippen molar-refractivity contribution in [2.24, 2.45) is 23.7 Å². The highest BCUT2D eigenvalue weighted by atomic mass is 19.2. The van der Waals surface area contributed by atoms with E-state index in [4.69, 9.17) is 0 Å². The van der Waals surface area contributed by atoms with Crippen LogP contribution < -0.4 is 5.32 Å². The molecule has 0 saturated heterocycles. The molecule has 21 heavy (non-hydrogen) atoms. The summed E-state index contributed by atoms with van der Waals surface area (Å²) in [6.07, 6.45) is 6.62. The van der Waals surface area contributed by atoms with E-state index < -0.39 is 17.5 Å². The molecule has 0 heterocycles. The van der Waals surface area contributed by atoms with Crippen LogP contribution in [-0.4, -0.2) is 6.04 Å². The Morgan fingerprint density at radius 3 is 2.43 bits per heavy atom. The molecule has 3 aliphatic carbocycles. The lowest BCUT2D eigenvalue weighted by Gasteiger charge is -2.32. The van der Waals surface area contributed by atoms with Crippen molar-refractivity contribution in [2.45, 2.75) is 44.7 Å². The van der Waals surface area contributed by atoms with Crippen LogP contribution in [0, 0.1) is 41.1 Å². The van der Waals surface area contributed by atoms with Gasteiger partial charge in [-0.3, -0.25) is 0 Å². The lowest BCUT2D eigenvalue weighted by molar-refractivity contribution is 0.208. The second kappa shape index (κ2) is 5.01. The van der Waals surface area contributed by atoms with E-state index in [-0.39, 0.29) is 0 Å². The third-order valence-electron chi connectivity index (χ3n) is 6.04. The number of benzene rings is 1. The number of rotatable bonds is 3. The summed E-state index contributed by atoms with van der Waals surface area (Å²) in [6, 6.07) is 2.65. The van der Waals surface area contributed by atoms with Gasteiger partial charge < -0.3 is 5.32 Å². The van der Waals surface area contributed by atoms with Crippen LogP contribution in [0.1, 0.15) is 37.7 Å². The third-order valence-corrected chi connectivity index (χ3v) is 6.04. The fourth-order valence-electron chi connectivity index (χ4n) is 5.26. The Labute approximate surface area is 122 Å². The van der Waals surface area contributed by atoms with Crippen LogP contribution in [0.25, 0.3) is 0 Å². The summed E-state index contributed by atoms with van der Waals surface area (Å²) < 4.78 is 39.4. The third kappa shape index (κ3) is 2.19. The molecule has 3 fully saturated rings. The van der Waals surface area contributed by atoms with Gasteiger partial charge in [-0.05, 0) is 67.1 Å². The normalized spacial score (nSPS) is 37.2. The summed E-state index contributed by atoms with van der Waals surface area (Å²) in [6.45, 7) is 0.416. The maximum absolute atomic E-state index is 13.2. The predicted octanol–water partition coefficient (Wildman–Crippen LogP) is 4.02. The number of fused-ring (bicyclic) bond motifs is 5. The molecule has 5 unspecified atom stereocenters. The zero-order chi connectivity index (χ0) is 14.6. The molecule has 1 aromatic rings. The molecule has 3 saturated carbocycles. The first kappa shape index (κ1) is 13.6. The Balaban J connectivity index is 1.42. The first-order chi connectivity index (χ1) is 10.1. The maximum Gasteiger partial charge on any atom is 0.194 e. The van der Waals surface area contributed by atoms with Gasteiger partial charge in [0.15, 0.2) is 17.5 Å². The molecule has 5 atom stereocenters. The molecule has 4 rings (SSSR count). The van der Waals surface area contributed by atoms with Crippen molar-refractivity contribution in [1.29, 1.82) is 0 Å². The average molecular weight is 295 g/mol. The standard InChI is InChI=1S/C17H20F3N/c18-14-4-9(5-15(19)17(14)20)8-21-16-7-10-6-13(16)12-3-1-2-11(10)12/h4-5,10-13,16,21H,1-3,6-8H2. The summed E-state index contributed by atoms with van der Waals surface area (Å²) in [4.78, 5) is 0. The summed E-state index contributed by atoms with van der Waals surface area (Å²) in [7, 11) is 0. The zero-order valence-electron chi connectivity index (χ0n) is 11.9. The van der Waals surface area contributed by atoms with Crippen molar-refractivity contribution in [3.8, 4) is 0 Å². The van der Waals surface area contributed by atoms with E-state index in [1.165, 1.54) is 32.1 Å². The van der Waals surface area contributed by atoms with Gasteiger partial charge in [-0.15, -0.1) is 0 Å². The Morgan fingerprint density at radius 1 is 0.952 bits per heavy atom. The molecule has 1 aromatic carbocycles. The van der Waals surface area contributed by atoms with Gasteiger partial charge in [-0.25, -0.2) is 13.2 Å². The molecular formula is C17H20F3N. The fourth-order valence-corrected chi connectivity index (χ4v) is 5.26. The largest absolute Gasteiger partial charge is 0.310 e. The minimum absolute atomic E-state index is 0.416. The molecule has 0 radical (unpaired) electrons. The molecule has 3 aliphatic rings. The van der Waals surface area contributed by atoms with Gasteiger partial charge >= 0.3 is 0 Å². The molecule has 0 amide bonds. The van der Waals surface area contributed by atoms with E-state index in [1.54, 1.807) is 0 Å². The van der Waals surface area contributed by atoms with Crippen molar-refractivity contribution >= 4 is 0 Å². The second-order valence-corrected chi connectivity index (χ2v) is 7.01. The molecule has 0 aliphatic heterocycles. The molecule has 2 bridgehead atoms. The van der Waals surface area contributed by atoms with Crippen LogP contribution in [0.4, 0.5) is 13.2 Å². The van der Waals surface area contributed by atoms with Gasteiger partial charge in [0.2, 0.25) is 0 Å². The topological polar surface area (TPSA) is 12.0 Å². The number of halogens is 3. The SMILES string of the molecule is Fc1cc(CNC2CC3CC2C2CCCC32)cc(F)c1F. The Morgan fingerprint density at radius 2 is 1.67 bits per heavy atom. The fraction of sp³-hybridized carbons (Fsp3) is 0.647. The van der Waals surface area contributed by atoms with Gasteiger partial charge in [0.05, 0.1) is 0 Å².